The second kappa shape index (κ2) is 19.7. The summed E-state index contributed by atoms with van der Waals surface area (Å²) in [6.07, 6.45) is -3.82. The highest BCUT2D eigenvalue weighted by Crippen LogP contribution is 2.39. The maximum absolute atomic E-state index is 15.4. The van der Waals surface area contributed by atoms with E-state index >= 15 is 4.39 Å². The summed E-state index contributed by atoms with van der Waals surface area (Å²) >= 11 is 0. The Kier molecular flexibility index (Phi) is 14.0. The standard InChI is InChI=1S/C49H53FN2O7/c1-34(2)52-36(4)42(28-41-26-25-35(3)27-43(41)50)48(51-52)59-49(53)47(57-32-40-23-15-8-16-24-40)46(56-31-39-21-13-7-14-22-39)45(55-30-38-19-11-6-12-20-38)44(58-49)33-54-29-37-17-9-5-10-18-37/h5-27,34,44-47,53H,28-33H2,1-4H3/t44-,45-,46+,47-,49-/m1/s1. The van der Waals surface area contributed by atoms with Crippen molar-refractivity contribution >= 4 is 0 Å². The van der Waals surface area contributed by atoms with Crippen molar-refractivity contribution in [3.8, 4) is 5.88 Å². The van der Waals surface area contributed by atoms with Gasteiger partial charge in [0.1, 0.15) is 24.1 Å². The number of hydrogen-bond acceptors (Lipinski definition) is 8. The molecular weight excluding hydrogens is 748 g/mol. The summed E-state index contributed by atoms with van der Waals surface area (Å²) < 4.78 is 57.2. The molecule has 0 aliphatic carbocycles. The summed E-state index contributed by atoms with van der Waals surface area (Å²) in [5.74, 6) is -2.75. The van der Waals surface area contributed by atoms with Gasteiger partial charge in [0.05, 0.1) is 33.0 Å². The first kappa shape index (κ1) is 41.9. The van der Waals surface area contributed by atoms with Crippen molar-refractivity contribution in [3.63, 3.8) is 0 Å². The van der Waals surface area contributed by atoms with Crippen LogP contribution >= 0.6 is 0 Å². The summed E-state index contributed by atoms with van der Waals surface area (Å²) in [4.78, 5) is 0. The molecule has 0 spiro atoms. The Morgan fingerprint density at radius 2 is 1.20 bits per heavy atom. The van der Waals surface area contributed by atoms with Crippen LogP contribution in [0.5, 0.6) is 5.88 Å². The molecule has 5 aromatic carbocycles. The molecule has 308 valence electrons. The highest BCUT2D eigenvalue weighted by molar-refractivity contribution is 5.38. The fourth-order valence-corrected chi connectivity index (χ4v) is 7.34. The smallest absolute Gasteiger partial charge is 0.356 e. The lowest BCUT2D eigenvalue weighted by atomic mass is 9.96. The van der Waals surface area contributed by atoms with Crippen molar-refractivity contribution < 1.29 is 37.9 Å². The van der Waals surface area contributed by atoms with Crippen LogP contribution in [-0.4, -0.2) is 51.9 Å². The maximum Gasteiger partial charge on any atom is 0.356 e. The van der Waals surface area contributed by atoms with E-state index in [-0.39, 0.29) is 50.6 Å². The maximum atomic E-state index is 15.4. The molecule has 59 heavy (non-hydrogen) atoms. The Bertz CT molecular complexity index is 2200. The first-order valence-corrected chi connectivity index (χ1v) is 20.2. The monoisotopic (exact) mass is 800 g/mol. The van der Waals surface area contributed by atoms with Gasteiger partial charge in [0, 0.05) is 23.7 Å². The zero-order valence-corrected chi connectivity index (χ0v) is 34.1. The summed E-state index contributed by atoms with van der Waals surface area (Å²) in [6, 6.07) is 44.2. The van der Waals surface area contributed by atoms with Gasteiger partial charge in [-0.1, -0.05) is 133 Å². The number of benzene rings is 5. The Morgan fingerprint density at radius 1 is 0.695 bits per heavy atom. The number of nitrogens with zero attached hydrogens (tertiary/aromatic N) is 2. The van der Waals surface area contributed by atoms with E-state index in [9.17, 15) is 5.11 Å². The van der Waals surface area contributed by atoms with E-state index < -0.39 is 30.4 Å². The molecule has 1 fully saturated rings. The van der Waals surface area contributed by atoms with E-state index in [1.165, 1.54) is 6.07 Å². The molecular formula is C49H53FN2O7. The molecule has 0 bridgehead atoms. The van der Waals surface area contributed by atoms with Crippen molar-refractivity contribution in [3.05, 3.63) is 190 Å². The van der Waals surface area contributed by atoms with Crippen LogP contribution in [0.4, 0.5) is 4.39 Å². The van der Waals surface area contributed by atoms with Crippen LogP contribution in [0, 0.1) is 19.7 Å². The van der Waals surface area contributed by atoms with Crippen molar-refractivity contribution in [2.24, 2.45) is 0 Å². The number of hydrogen-bond donors (Lipinski definition) is 1. The topological polar surface area (TPSA) is 93.4 Å². The predicted molar refractivity (Wildman–Crippen MR) is 223 cm³/mol. The average Bonchev–Trinajstić information content (AvgIpc) is 3.55. The van der Waals surface area contributed by atoms with E-state index in [4.69, 9.17) is 33.5 Å². The van der Waals surface area contributed by atoms with Crippen LogP contribution in [0.25, 0.3) is 0 Å². The number of rotatable bonds is 18. The van der Waals surface area contributed by atoms with Gasteiger partial charge in [-0.2, -0.15) is 0 Å². The molecule has 6 aromatic rings. The average molecular weight is 801 g/mol. The summed E-state index contributed by atoms with van der Waals surface area (Å²) in [5, 5.41) is 17.9. The molecule has 1 aliphatic rings. The van der Waals surface area contributed by atoms with Crippen molar-refractivity contribution in [2.45, 2.75) is 97.0 Å². The minimum atomic E-state index is -2.49. The number of ether oxygens (including phenoxy) is 6. The van der Waals surface area contributed by atoms with E-state index in [1.807, 2.05) is 155 Å². The van der Waals surface area contributed by atoms with Gasteiger partial charge < -0.3 is 33.5 Å². The first-order valence-electron chi connectivity index (χ1n) is 20.2. The van der Waals surface area contributed by atoms with Crippen molar-refractivity contribution in [1.29, 1.82) is 0 Å². The third-order valence-electron chi connectivity index (χ3n) is 10.4. The number of aryl methyl sites for hydroxylation is 1. The van der Waals surface area contributed by atoms with E-state index in [0.29, 0.717) is 17.7 Å². The predicted octanol–water partition coefficient (Wildman–Crippen LogP) is 9.21. The summed E-state index contributed by atoms with van der Waals surface area (Å²) in [7, 11) is 0. The van der Waals surface area contributed by atoms with Gasteiger partial charge in [0.2, 0.25) is 5.88 Å². The van der Waals surface area contributed by atoms with E-state index in [0.717, 1.165) is 33.5 Å². The Balaban J connectivity index is 1.30. The molecule has 1 saturated heterocycles. The number of halogens is 1. The quantitative estimate of drug-likeness (QED) is 0.0861. The minimum absolute atomic E-state index is 0.0114. The highest BCUT2D eigenvalue weighted by Gasteiger charge is 2.59. The third kappa shape index (κ3) is 10.7. The Hall–Kier alpha value is -5.20. The van der Waals surface area contributed by atoms with Crippen LogP contribution in [0.15, 0.2) is 140 Å². The second-order valence-electron chi connectivity index (χ2n) is 15.3. The lowest BCUT2D eigenvalue weighted by Gasteiger charge is -2.49. The molecule has 0 unspecified atom stereocenters. The number of aliphatic hydroxyl groups is 1. The molecule has 1 aliphatic heterocycles. The summed E-state index contributed by atoms with van der Waals surface area (Å²) in [5.41, 5.74) is 6.33. The minimum Gasteiger partial charge on any atom is -0.417 e. The van der Waals surface area contributed by atoms with Crippen LogP contribution in [0.1, 0.15) is 64.5 Å². The first-order chi connectivity index (χ1) is 28.7. The van der Waals surface area contributed by atoms with Crippen molar-refractivity contribution in [2.75, 3.05) is 6.61 Å². The fourth-order valence-electron chi connectivity index (χ4n) is 7.34. The van der Waals surface area contributed by atoms with Crippen molar-refractivity contribution in [1.82, 2.24) is 9.78 Å². The zero-order chi connectivity index (χ0) is 41.2. The molecule has 0 radical (unpaired) electrons. The van der Waals surface area contributed by atoms with Gasteiger partial charge in [0.15, 0.2) is 6.10 Å². The lowest BCUT2D eigenvalue weighted by molar-refractivity contribution is -0.436. The second-order valence-corrected chi connectivity index (χ2v) is 15.3. The van der Waals surface area contributed by atoms with Crippen LogP contribution in [0.2, 0.25) is 0 Å². The molecule has 7 rings (SSSR count). The summed E-state index contributed by atoms with van der Waals surface area (Å²) in [6.45, 7) is 8.56. The highest BCUT2D eigenvalue weighted by atomic mass is 19.1. The van der Waals surface area contributed by atoms with Gasteiger partial charge in [0.25, 0.3) is 0 Å². The van der Waals surface area contributed by atoms with Gasteiger partial charge in [-0.15, -0.1) is 5.10 Å². The third-order valence-corrected chi connectivity index (χ3v) is 10.4. The molecule has 1 N–H and O–H groups in total. The van der Waals surface area contributed by atoms with E-state index in [2.05, 4.69) is 0 Å². The molecule has 0 saturated carbocycles. The number of aromatic nitrogens is 2. The normalized spacial score (nSPS) is 20.5. The van der Waals surface area contributed by atoms with Crippen LogP contribution in [0.3, 0.4) is 0 Å². The Labute approximate surface area is 346 Å². The van der Waals surface area contributed by atoms with Crippen LogP contribution < -0.4 is 4.74 Å². The lowest BCUT2D eigenvalue weighted by Crippen LogP contribution is -2.69. The Morgan fingerprint density at radius 3 is 1.73 bits per heavy atom. The fraction of sp³-hybridized carbons (Fsp3) is 0.327. The SMILES string of the molecule is Cc1ccc(Cc2c(O[C@]3(O)O[C@H](COCc4ccccc4)[C@@H](OCc4ccccc4)[C@H](OCc4ccccc4)[C@H]3OCc3ccccc3)nn(C(C)C)c2C)c(F)c1. The molecule has 1 aromatic heterocycles. The molecule has 2 heterocycles. The zero-order valence-electron chi connectivity index (χ0n) is 34.1. The molecule has 5 atom stereocenters. The molecule has 10 heteroatoms. The van der Waals surface area contributed by atoms with Gasteiger partial charge in [-0.25, -0.2) is 4.39 Å². The van der Waals surface area contributed by atoms with Gasteiger partial charge in [-0.3, -0.25) is 4.68 Å². The van der Waals surface area contributed by atoms with Crippen LogP contribution in [-0.2, 0) is 56.5 Å². The van der Waals surface area contributed by atoms with Gasteiger partial charge in [-0.05, 0) is 67.1 Å². The van der Waals surface area contributed by atoms with Gasteiger partial charge >= 0.3 is 5.97 Å². The molecule has 0 amide bonds. The molecule has 9 nitrogen and oxygen atoms in total. The largest absolute Gasteiger partial charge is 0.417 e. The van der Waals surface area contributed by atoms with E-state index in [1.54, 1.807) is 10.7 Å².